The summed E-state index contributed by atoms with van der Waals surface area (Å²) in [6.07, 6.45) is 7.11. The Morgan fingerprint density at radius 3 is 2.59 bits per heavy atom. The molecular weight excluding hydrogens is 474 g/mol. The predicted molar refractivity (Wildman–Crippen MR) is 133 cm³/mol. The fraction of sp³-hybridized carbons (Fsp3) is 0.625. The molecule has 0 unspecified atom stereocenters. The maximum Gasteiger partial charge on any atom is 0.152 e. The minimum Gasteiger partial charge on any atom is -0.396 e. The number of anilines is 2. The van der Waals surface area contributed by atoms with Gasteiger partial charge in [-0.2, -0.15) is 0 Å². The Morgan fingerprint density at radius 2 is 1.94 bits per heavy atom. The Bertz CT molecular complexity index is 1040. The molecule has 2 N–H and O–H groups in total. The molecule has 0 aliphatic carbocycles. The van der Waals surface area contributed by atoms with Crippen LogP contribution >= 0.6 is 23.4 Å². The van der Waals surface area contributed by atoms with Gasteiger partial charge in [-0.1, -0.05) is 30.3 Å². The van der Waals surface area contributed by atoms with Gasteiger partial charge in [-0.15, -0.1) is 0 Å². The Kier molecular flexibility index (Phi) is 6.67. The van der Waals surface area contributed by atoms with Gasteiger partial charge in [-0.3, -0.25) is 0 Å². The third-order valence-corrected chi connectivity index (χ3v) is 8.80. The van der Waals surface area contributed by atoms with Gasteiger partial charge in [0.25, 0.3) is 0 Å². The van der Waals surface area contributed by atoms with Crippen LogP contribution in [-0.2, 0) is 11.3 Å². The number of hydrogen-bond acceptors (Lipinski definition) is 9. The number of aromatic nitrogens is 3. The molecule has 3 aliphatic rings. The van der Waals surface area contributed by atoms with Crippen LogP contribution in [0.25, 0.3) is 0 Å². The summed E-state index contributed by atoms with van der Waals surface area (Å²) in [6.45, 7) is 8.26. The Labute approximate surface area is 209 Å². The van der Waals surface area contributed by atoms with Gasteiger partial charge in [0.15, 0.2) is 5.82 Å². The van der Waals surface area contributed by atoms with Crippen molar-refractivity contribution in [2.45, 2.75) is 55.7 Å². The van der Waals surface area contributed by atoms with Crippen LogP contribution in [0.4, 0.5) is 11.6 Å². The standard InChI is InChI=1S/C24H32ClN5O3S/c1-16-9-24(15-33-16)4-7-29(8-5-24)21-17(11-31)28-19(10-27-21)34-18-3-6-26-22(20(18)25)30-12-23(2,13-30)14-32/h3,6,10,16,31-32H,4-5,7-9,11-15H2,1-2H3/t16-/m0/s1. The summed E-state index contributed by atoms with van der Waals surface area (Å²) < 4.78 is 5.85. The van der Waals surface area contributed by atoms with E-state index in [2.05, 4.69) is 21.7 Å². The third kappa shape index (κ3) is 4.60. The van der Waals surface area contributed by atoms with Crippen molar-refractivity contribution in [2.24, 2.45) is 10.8 Å². The van der Waals surface area contributed by atoms with Crippen LogP contribution in [0.15, 0.2) is 28.4 Å². The first-order valence-corrected chi connectivity index (χ1v) is 13.0. The molecule has 0 aromatic carbocycles. The molecule has 1 spiro atoms. The predicted octanol–water partition coefficient (Wildman–Crippen LogP) is 3.38. The highest BCUT2D eigenvalue weighted by Crippen LogP contribution is 2.44. The maximum absolute atomic E-state index is 10.0. The van der Waals surface area contributed by atoms with Crippen LogP contribution in [0.5, 0.6) is 0 Å². The number of aliphatic hydroxyl groups excluding tert-OH is 2. The zero-order chi connectivity index (χ0) is 23.9. The molecule has 10 heteroatoms. The molecule has 0 saturated carbocycles. The second-order valence-electron chi connectivity index (χ2n) is 10.3. The van der Waals surface area contributed by atoms with E-state index in [4.69, 9.17) is 26.3 Å². The summed E-state index contributed by atoms with van der Waals surface area (Å²) in [5.41, 5.74) is 0.769. The Balaban J connectivity index is 1.29. The van der Waals surface area contributed by atoms with E-state index in [1.54, 1.807) is 12.4 Å². The van der Waals surface area contributed by atoms with Crippen LogP contribution < -0.4 is 9.80 Å². The topological polar surface area (TPSA) is 94.8 Å². The Morgan fingerprint density at radius 1 is 1.18 bits per heavy atom. The van der Waals surface area contributed by atoms with Crippen molar-refractivity contribution >= 4 is 35.0 Å². The molecule has 184 valence electrons. The van der Waals surface area contributed by atoms with Gasteiger partial charge in [0.1, 0.15) is 16.5 Å². The van der Waals surface area contributed by atoms with Crippen molar-refractivity contribution in [1.82, 2.24) is 15.0 Å². The molecular formula is C24H32ClN5O3S. The highest BCUT2D eigenvalue weighted by molar-refractivity contribution is 7.99. The van der Waals surface area contributed by atoms with E-state index >= 15 is 0 Å². The lowest BCUT2D eigenvalue weighted by atomic mass is 9.77. The molecule has 34 heavy (non-hydrogen) atoms. The normalized spacial score (nSPS) is 23.4. The number of pyridine rings is 1. The summed E-state index contributed by atoms with van der Waals surface area (Å²) in [5, 5.41) is 20.8. The van der Waals surface area contributed by atoms with Gasteiger partial charge in [-0.05, 0) is 37.7 Å². The maximum atomic E-state index is 10.0. The molecule has 2 aromatic rings. The van der Waals surface area contributed by atoms with Crippen molar-refractivity contribution in [1.29, 1.82) is 0 Å². The van der Waals surface area contributed by atoms with E-state index in [-0.39, 0.29) is 18.6 Å². The number of hydrogen-bond donors (Lipinski definition) is 2. The molecule has 0 amide bonds. The third-order valence-electron chi connectivity index (χ3n) is 7.34. The molecule has 3 saturated heterocycles. The number of aliphatic hydroxyl groups is 2. The minimum absolute atomic E-state index is 0.109. The molecule has 8 nitrogen and oxygen atoms in total. The van der Waals surface area contributed by atoms with E-state index in [1.165, 1.54) is 11.8 Å². The van der Waals surface area contributed by atoms with Gasteiger partial charge in [0.2, 0.25) is 0 Å². The van der Waals surface area contributed by atoms with E-state index in [9.17, 15) is 10.2 Å². The summed E-state index contributed by atoms with van der Waals surface area (Å²) in [4.78, 5) is 19.0. The number of ether oxygens (including phenoxy) is 1. The van der Waals surface area contributed by atoms with Crippen molar-refractivity contribution in [3.05, 3.63) is 29.2 Å². The molecule has 1 atom stereocenters. The van der Waals surface area contributed by atoms with E-state index < -0.39 is 0 Å². The van der Waals surface area contributed by atoms with E-state index in [0.29, 0.717) is 27.3 Å². The molecule has 5 heterocycles. The number of rotatable bonds is 6. The second-order valence-corrected chi connectivity index (χ2v) is 11.8. The van der Waals surface area contributed by atoms with Gasteiger partial charge in [0.05, 0.1) is 37.1 Å². The average molecular weight is 506 g/mol. The first-order valence-electron chi connectivity index (χ1n) is 11.9. The molecule has 5 rings (SSSR count). The van der Waals surface area contributed by atoms with Crippen molar-refractivity contribution in [3.63, 3.8) is 0 Å². The smallest absolute Gasteiger partial charge is 0.152 e. The lowest BCUT2D eigenvalue weighted by Crippen LogP contribution is -2.57. The first-order chi connectivity index (χ1) is 16.3. The highest BCUT2D eigenvalue weighted by Gasteiger charge is 2.42. The van der Waals surface area contributed by atoms with Crippen LogP contribution in [0.2, 0.25) is 5.02 Å². The van der Waals surface area contributed by atoms with Crippen LogP contribution in [-0.4, -0.2) is 70.7 Å². The van der Waals surface area contributed by atoms with Crippen molar-refractivity contribution in [3.8, 4) is 0 Å². The first kappa shape index (κ1) is 24.1. The highest BCUT2D eigenvalue weighted by atomic mass is 35.5. The molecule has 2 aromatic heterocycles. The van der Waals surface area contributed by atoms with Gasteiger partial charge < -0.3 is 24.7 Å². The van der Waals surface area contributed by atoms with Gasteiger partial charge >= 0.3 is 0 Å². The SMILES string of the molecule is C[C@H]1CC2(CCN(c3ncc(Sc4ccnc(N5CC(C)(CO)C5)c4Cl)nc3CO)CC2)CO1. The fourth-order valence-electron chi connectivity index (χ4n) is 5.36. The van der Waals surface area contributed by atoms with Crippen LogP contribution in [0.3, 0.4) is 0 Å². The summed E-state index contributed by atoms with van der Waals surface area (Å²) in [5.74, 6) is 1.48. The van der Waals surface area contributed by atoms with Crippen LogP contribution in [0, 0.1) is 10.8 Å². The average Bonchev–Trinajstić information content (AvgIpc) is 3.19. The monoisotopic (exact) mass is 505 g/mol. The minimum atomic E-state index is -0.165. The number of piperidine rings is 1. The lowest BCUT2D eigenvalue weighted by molar-refractivity contribution is 0.0975. The summed E-state index contributed by atoms with van der Waals surface area (Å²) >= 11 is 8.11. The van der Waals surface area contributed by atoms with Gasteiger partial charge in [-0.25, -0.2) is 15.0 Å². The van der Waals surface area contributed by atoms with Crippen molar-refractivity contribution in [2.75, 3.05) is 49.2 Å². The lowest BCUT2D eigenvalue weighted by Gasteiger charge is -2.48. The molecule has 0 bridgehead atoms. The molecule has 3 fully saturated rings. The van der Waals surface area contributed by atoms with E-state index in [1.807, 2.05) is 13.0 Å². The zero-order valence-corrected chi connectivity index (χ0v) is 21.3. The van der Waals surface area contributed by atoms with Crippen LogP contribution in [0.1, 0.15) is 38.8 Å². The largest absolute Gasteiger partial charge is 0.396 e. The number of halogens is 1. The van der Waals surface area contributed by atoms with E-state index in [0.717, 1.165) is 68.6 Å². The second kappa shape index (κ2) is 9.43. The summed E-state index contributed by atoms with van der Waals surface area (Å²) in [7, 11) is 0. The quantitative estimate of drug-likeness (QED) is 0.612. The van der Waals surface area contributed by atoms with Gasteiger partial charge in [0, 0.05) is 42.7 Å². The number of nitrogens with zero attached hydrogens (tertiary/aromatic N) is 5. The molecule has 3 aliphatic heterocycles. The Hall–Kier alpha value is -1.65. The zero-order valence-electron chi connectivity index (χ0n) is 19.7. The fourth-order valence-corrected chi connectivity index (χ4v) is 6.51. The molecule has 0 radical (unpaired) electrons. The van der Waals surface area contributed by atoms with Crippen molar-refractivity contribution < 1.29 is 14.9 Å². The summed E-state index contributed by atoms with van der Waals surface area (Å²) in [6, 6.07) is 1.87.